The predicted molar refractivity (Wildman–Crippen MR) is 74.7 cm³/mol. The minimum Gasteiger partial charge on any atom is -0.388 e. The van der Waals surface area contributed by atoms with Gasteiger partial charge in [0.2, 0.25) is 0 Å². The van der Waals surface area contributed by atoms with Crippen molar-refractivity contribution in [2.75, 3.05) is 0 Å². The van der Waals surface area contributed by atoms with Gasteiger partial charge in [-0.05, 0) is 17.7 Å². The van der Waals surface area contributed by atoms with Crippen LogP contribution in [-0.4, -0.2) is 24.9 Å². The van der Waals surface area contributed by atoms with Crippen LogP contribution in [0.15, 0.2) is 54.9 Å². The molecule has 0 saturated heterocycles. The van der Waals surface area contributed by atoms with Crippen LogP contribution in [0.3, 0.4) is 0 Å². The molecule has 3 rings (SSSR count). The topological polar surface area (TPSA) is 63.8 Å². The first-order chi connectivity index (χ1) is 9.88. The summed E-state index contributed by atoms with van der Waals surface area (Å²) in [5, 5.41) is 17.6. The lowest BCUT2D eigenvalue weighted by Crippen LogP contribution is -2.07. The number of aliphatic hydroxyl groups is 1. The maximum absolute atomic E-state index is 9.42. The molecule has 0 aliphatic heterocycles. The Kier molecular flexibility index (Phi) is 3.52. The number of aromatic nitrogens is 4. The molecule has 1 aromatic carbocycles. The Morgan fingerprint density at radius 3 is 2.40 bits per heavy atom. The van der Waals surface area contributed by atoms with Crippen LogP contribution in [0, 0.1) is 0 Å². The zero-order valence-corrected chi connectivity index (χ0v) is 10.8. The van der Waals surface area contributed by atoms with Gasteiger partial charge in [0.25, 0.3) is 0 Å². The monoisotopic (exact) mass is 266 g/mol. The van der Waals surface area contributed by atoms with E-state index in [0.29, 0.717) is 12.4 Å². The van der Waals surface area contributed by atoms with E-state index in [1.807, 2.05) is 47.0 Å². The molecule has 0 fully saturated rings. The van der Waals surface area contributed by atoms with Gasteiger partial charge in [-0.1, -0.05) is 30.3 Å². The van der Waals surface area contributed by atoms with Gasteiger partial charge in [0.15, 0.2) is 11.6 Å². The smallest absolute Gasteiger partial charge is 0.164 e. The first kappa shape index (κ1) is 12.5. The lowest BCUT2D eigenvalue weighted by Gasteiger charge is -2.09. The molecule has 0 bridgehead atoms. The molecule has 0 amide bonds. The van der Waals surface area contributed by atoms with Crippen LogP contribution in [-0.2, 0) is 13.2 Å². The Morgan fingerprint density at radius 1 is 0.950 bits per heavy atom. The Labute approximate surface area is 116 Å². The van der Waals surface area contributed by atoms with E-state index >= 15 is 0 Å². The van der Waals surface area contributed by atoms with E-state index in [2.05, 4.69) is 15.2 Å². The Morgan fingerprint density at radius 2 is 1.70 bits per heavy atom. The Hall–Kier alpha value is -2.53. The van der Waals surface area contributed by atoms with Crippen molar-refractivity contribution < 1.29 is 5.11 Å². The highest BCUT2D eigenvalue weighted by Gasteiger charge is 2.13. The second-order valence-corrected chi connectivity index (χ2v) is 4.41. The fourth-order valence-electron chi connectivity index (χ4n) is 2.10. The zero-order valence-electron chi connectivity index (χ0n) is 10.8. The maximum Gasteiger partial charge on any atom is 0.164 e. The van der Waals surface area contributed by atoms with Gasteiger partial charge in [-0.25, -0.2) is 0 Å². The largest absolute Gasteiger partial charge is 0.388 e. The number of hydrogen-bond acceptors (Lipinski definition) is 4. The van der Waals surface area contributed by atoms with Gasteiger partial charge in [-0.2, -0.15) is 0 Å². The average molecular weight is 266 g/mol. The Balaban J connectivity index is 2.02. The van der Waals surface area contributed by atoms with Crippen molar-refractivity contribution in [2.24, 2.45) is 0 Å². The number of benzene rings is 1. The molecule has 100 valence electrons. The van der Waals surface area contributed by atoms with Crippen molar-refractivity contribution in [3.8, 4) is 11.4 Å². The van der Waals surface area contributed by atoms with Gasteiger partial charge in [0.1, 0.15) is 6.61 Å². The predicted octanol–water partition coefficient (Wildman–Crippen LogP) is 1.88. The quantitative estimate of drug-likeness (QED) is 0.783. The molecule has 5 nitrogen and oxygen atoms in total. The van der Waals surface area contributed by atoms with E-state index in [1.165, 1.54) is 0 Å². The van der Waals surface area contributed by atoms with E-state index in [-0.39, 0.29) is 6.61 Å². The highest BCUT2D eigenvalue weighted by atomic mass is 16.3. The summed E-state index contributed by atoms with van der Waals surface area (Å²) in [6.07, 6.45) is 3.44. The lowest BCUT2D eigenvalue weighted by molar-refractivity contribution is 0.266. The van der Waals surface area contributed by atoms with Crippen LogP contribution in [0.4, 0.5) is 0 Å². The molecule has 20 heavy (non-hydrogen) atoms. The molecule has 5 heteroatoms. The second-order valence-electron chi connectivity index (χ2n) is 4.41. The number of pyridine rings is 1. The van der Waals surface area contributed by atoms with Crippen LogP contribution in [0.25, 0.3) is 11.4 Å². The number of rotatable bonds is 4. The van der Waals surface area contributed by atoms with E-state index < -0.39 is 0 Å². The van der Waals surface area contributed by atoms with Crippen LogP contribution in [0.2, 0.25) is 0 Å². The van der Waals surface area contributed by atoms with Crippen molar-refractivity contribution in [3.63, 3.8) is 0 Å². The molecule has 0 atom stereocenters. The van der Waals surface area contributed by atoms with E-state index in [4.69, 9.17) is 0 Å². The molecule has 0 unspecified atom stereocenters. The minimum absolute atomic E-state index is 0.134. The summed E-state index contributed by atoms with van der Waals surface area (Å²) in [7, 11) is 0. The zero-order chi connectivity index (χ0) is 13.8. The molecule has 3 aromatic rings. The standard InChI is InChI=1S/C15H14N4O/c20-11-14-17-18-15(13-6-8-16-9-7-13)19(14)10-12-4-2-1-3-5-12/h1-9,20H,10-11H2. The third-order valence-corrected chi connectivity index (χ3v) is 3.09. The maximum atomic E-state index is 9.42. The van der Waals surface area contributed by atoms with Crippen molar-refractivity contribution in [1.29, 1.82) is 0 Å². The van der Waals surface area contributed by atoms with E-state index in [9.17, 15) is 5.11 Å². The summed E-state index contributed by atoms with van der Waals surface area (Å²) in [6, 6.07) is 13.8. The van der Waals surface area contributed by atoms with E-state index in [0.717, 1.165) is 17.0 Å². The summed E-state index contributed by atoms with van der Waals surface area (Å²) in [5.74, 6) is 1.29. The average Bonchev–Trinajstić information content (AvgIpc) is 2.92. The molecule has 2 heterocycles. The first-order valence-corrected chi connectivity index (χ1v) is 6.36. The highest BCUT2D eigenvalue weighted by molar-refractivity contribution is 5.54. The van der Waals surface area contributed by atoms with Gasteiger partial charge >= 0.3 is 0 Å². The SMILES string of the molecule is OCc1nnc(-c2ccncc2)n1Cc1ccccc1. The van der Waals surface area contributed by atoms with Gasteiger partial charge in [-0.3, -0.25) is 4.98 Å². The summed E-state index contributed by atoms with van der Waals surface area (Å²) >= 11 is 0. The van der Waals surface area contributed by atoms with Crippen LogP contribution < -0.4 is 0 Å². The Bertz CT molecular complexity index is 680. The van der Waals surface area contributed by atoms with E-state index in [1.54, 1.807) is 12.4 Å². The fraction of sp³-hybridized carbons (Fsp3) is 0.133. The number of hydrogen-bond donors (Lipinski definition) is 1. The molecule has 0 spiro atoms. The van der Waals surface area contributed by atoms with Gasteiger partial charge in [0.05, 0.1) is 6.54 Å². The fourth-order valence-corrected chi connectivity index (χ4v) is 2.10. The number of aliphatic hydroxyl groups excluding tert-OH is 1. The van der Waals surface area contributed by atoms with Crippen LogP contribution in [0.5, 0.6) is 0 Å². The van der Waals surface area contributed by atoms with Gasteiger partial charge < -0.3 is 9.67 Å². The summed E-state index contributed by atoms with van der Waals surface area (Å²) in [5.41, 5.74) is 2.07. The molecule has 0 radical (unpaired) electrons. The second kappa shape index (κ2) is 5.63. The normalized spacial score (nSPS) is 10.7. The summed E-state index contributed by atoms with van der Waals surface area (Å²) in [4.78, 5) is 4.00. The van der Waals surface area contributed by atoms with Gasteiger partial charge in [-0.15, -0.1) is 10.2 Å². The first-order valence-electron chi connectivity index (χ1n) is 6.36. The molecule has 0 aliphatic carbocycles. The van der Waals surface area contributed by atoms with Crippen molar-refractivity contribution in [1.82, 2.24) is 19.7 Å². The molecule has 2 aromatic heterocycles. The minimum atomic E-state index is -0.134. The van der Waals surface area contributed by atoms with Crippen molar-refractivity contribution in [2.45, 2.75) is 13.2 Å². The third-order valence-electron chi connectivity index (χ3n) is 3.09. The summed E-state index contributed by atoms with van der Waals surface area (Å²) < 4.78 is 1.92. The van der Waals surface area contributed by atoms with Crippen LogP contribution >= 0.6 is 0 Å². The van der Waals surface area contributed by atoms with Crippen molar-refractivity contribution >= 4 is 0 Å². The molecular weight excluding hydrogens is 252 g/mol. The molecule has 1 N–H and O–H groups in total. The number of nitrogens with zero attached hydrogens (tertiary/aromatic N) is 4. The lowest BCUT2D eigenvalue weighted by atomic mass is 10.2. The molecule has 0 aliphatic rings. The molecule has 0 saturated carbocycles. The third kappa shape index (κ3) is 2.44. The highest BCUT2D eigenvalue weighted by Crippen LogP contribution is 2.19. The van der Waals surface area contributed by atoms with Crippen LogP contribution in [0.1, 0.15) is 11.4 Å². The van der Waals surface area contributed by atoms with Crippen molar-refractivity contribution in [3.05, 3.63) is 66.2 Å². The van der Waals surface area contributed by atoms with Gasteiger partial charge in [0, 0.05) is 18.0 Å². The molecular formula is C15H14N4O. The summed E-state index contributed by atoms with van der Waals surface area (Å²) in [6.45, 7) is 0.492.